The summed E-state index contributed by atoms with van der Waals surface area (Å²) in [4.78, 5) is 16.7. The van der Waals surface area contributed by atoms with Gasteiger partial charge in [0.2, 0.25) is 5.91 Å². The lowest BCUT2D eigenvalue weighted by molar-refractivity contribution is -0.133. The predicted molar refractivity (Wildman–Crippen MR) is 73.4 cm³/mol. The number of carbonyl (C=O) groups excluding carboxylic acids is 1. The molecule has 0 aromatic rings. The maximum absolute atomic E-state index is 12.4. The fourth-order valence-electron chi connectivity index (χ4n) is 3.21. The Hall–Kier alpha value is -0.610. The molecule has 0 bridgehead atoms. The van der Waals surface area contributed by atoms with Crippen LogP contribution >= 0.6 is 0 Å². The van der Waals surface area contributed by atoms with E-state index in [1.54, 1.807) is 0 Å². The van der Waals surface area contributed by atoms with Gasteiger partial charge in [-0.3, -0.25) is 4.79 Å². The van der Waals surface area contributed by atoms with E-state index in [1.807, 2.05) is 11.9 Å². The van der Waals surface area contributed by atoms with Gasteiger partial charge in [-0.2, -0.15) is 0 Å². The van der Waals surface area contributed by atoms with Crippen molar-refractivity contribution in [1.82, 2.24) is 15.1 Å². The Labute approximate surface area is 111 Å². The fourth-order valence-corrected chi connectivity index (χ4v) is 3.21. The van der Waals surface area contributed by atoms with Crippen LogP contribution < -0.4 is 5.32 Å². The number of hydrogen-bond donors (Lipinski definition) is 1. The SMILES string of the molecule is CC1CCNC(C(=O)N(C)CC2CCN(C)C2)C1. The van der Waals surface area contributed by atoms with Crippen molar-refractivity contribution in [2.45, 2.75) is 32.2 Å². The van der Waals surface area contributed by atoms with Crippen LogP contribution in [0, 0.1) is 11.8 Å². The van der Waals surface area contributed by atoms with Crippen molar-refractivity contribution >= 4 is 5.91 Å². The Kier molecular flexibility index (Phi) is 4.62. The number of likely N-dealkylation sites (N-methyl/N-ethyl adjacent to an activating group) is 1. The van der Waals surface area contributed by atoms with E-state index in [9.17, 15) is 4.79 Å². The summed E-state index contributed by atoms with van der Waals surface area (Å²) in [7, 11) is 4.12. The fraction of sp³-hybridized carbons (Fsp3) is 0.929. The summed E-state index contributed by atoms with van der Waals surface area (Å²) in [5.41, 5.74) is 0. The number of hydrogen-bond acceptors (Lipinski definition) is 3. The number of nitrogens with one attached hydrogen (secondary N) is 1. The summed E-state index contributed by atoms with van der Waals surface area (Å²) in [6.45, 7) is 6.44. The van der Waals surface area contributed by atoms with Crippen LogP contribution in [0.5, 0.6) is 0 Å². The first kappa shape index (κ1) is 13.8. The van der Waals surface area contributed by atoms with E-state index in [0.29, 0.717) is 11.8 Å². The largest absolute Gasteiger partial charge is 0.344 e. The number of piperidine rings is 1. The van der Waals surface area contributed by atoms with E-state index in [0.717, 1.165) is 26.1 Å². The Bertz CT molecular complexity index is 295. The highest BCUT2D eigenvalue weighted by atomic mass is 16.2. The molecule has 1 N–H and O–H groups in total. The molecule has 0 aromatic heterocycles. The highest BCUT2D eigenvalue weighted by molar-refractivity contribution is 5.81. The molecule has 2 aliphatic heterocycles. The second-order valence-electron chi connectivity index (χ2n) is 6.27. The molecule has 0 radical (unpaired) electrons. The lowest BCUT2D eigenvalue weighted by Crippen LogP contribution is -2.49. The zero-order valence-corrected chi connectivity index (χ0v) is 12.0. The van der Waals surface area contributed by atoms with Crippen LogP contribution in [0.15, 0.2) is 0 Å². The van der Waals surface area contributed by atoms with Crippen LogP contribution in [0.25, 0.3) is 0 Å². The topological polar surface area (TPSA) is 35.6 Å². The third kappa shape index (κ3) is 3.45. The van der Waals surface area contributed by atoms with Crippen LogP contribution in [-0.2, 0) is 4.79 Å². The highest BCUT2D eigenvalue weighted by Crippen LogP contribution is 2.19. The summed E-state index contributed by atoms with van der Waals surface area (Å²) in [6, 6.07) is 0.0536. The molecule has 0 saturated carbocycles. The molecule has 1 amide bonds. The molecule has 2 heterocycles. The highest BCUT2D eigenvalue weighted by Gasteiger charge is 2.29. The van der Waals surface area contributed by atoms with Gasteiger partial charge in [0.05, 0.1) is 6.04 Å². The molecule has 2 fully saturated rings. The molecule has 3 atom stereocenters. The van der Waals surface area contributed by atoms with Crippen molar-refractivity contribution in [3.05, 3.63) is 0 Å². The number of carbonyl (C=O) groups is 1. The van der Waals surface area contributed by atoms with Gasteiger partial charge in [-0.15, -0.1) is 0 Å². The molecule has 2 aliphatic rings. The number of likely N-dealkylation sites (tertiary alicyclic amines) is 1. The van der Waals surface area contributed by atoms with E-state index in [2.05, 4.69) is 24.2 Å². The van der Waals surface area contributed by atoms with E-state index in [-0.39, 0.29) is 11.9 Å². The van der Waals surface area contributed by atoms with E-state index >= 15 is 0 Å². The van der Waals surface area contributed by atoms with Crippen molar-refractivity contribution in [2.24, 2.45) is 11.8 Å². The molecule has 104 valence electrons. The van der Waals surface area contributed by atoms with Gasteiger partial charge in [0, 0.05) is 20.1 Å². The van der Waals surface area contributed by atoms with Gasteiger partial charge < -0.3 is 15.1 Å². The molecule has 0 aromatic carbocycles. The van der Waals surface area contributed by atoms with Gasteiger partial charge in [-0.25, -0.2) is 0 Å². The Morgan fingerprint density at radius 1 is 1.44 bits per heavy atom. The Morgan fingerprint density at radius 2 is 2.22 bits per heavy atom. The summed E-state index contributed by atoms with van der Waals surface area (Å²) in [5.74, 6) is 1.62. The third-order valence-corrected chi connectivity index (χ3v) is 4.36. The van der Waals surface area contributed by atoms with Crippen molar-refractivity contribution in [2.75, 3.05) is 40.3 Å². The zero-order valence-electron chi connectivity index (χ0n) is 12.0. The summed E-state index contributed by atoms with van der Waals surface area (Å²) in [6.07, 6.45) is 3.41. The van der Waals surface area contributed by atoms with Crippen LogP contribution in [0.2, 0.25) is 0 Å². The Morgan fingerprint density at radius 3 is 2.83 bits per heavy atom. The van der Waals surface area contributed by atoms with Crippen molar-refractivity contribution in [1.29, 1.82) is 0 Å². The summed E-state index contributed by atoms with van der Waals surface area (Å²) >= 11 is 0. The minimum Gasteiger partial charge on any atom is -0.344 e. The van der Waals surface area contributed by atoms with Gasteiger partial charge in [-0.1, -0.05) is 6.92 Å². The first-order chi connectivity index (χ1) is 8.56. The second-order valence-corrected chi connectivity index (χ2v) is 6.27. The van der Waals surface area contributed by atoms with Crippen LogP contribution in [-0.4, -0.2) is 62.0 Å². The maximum Gasteiger partial charge on any atom is 0.239 e. The minimum atomic E-state index is 0.0536. The standard InChI is InChI=1S/C14H27N3O/c1-11-4-6-15-13(8-11)14(18)17(3)10-12-5-7-16(2)9-12/h11-13,15H,4-10H2,1-3H3. The van der Waals surface area contributed by atoms with E-state index in [1.165, 1.54) is 19.4 Å². The smallest absolute Gasteiger partial charge is 0.239 e. The lowest BCUT2D eigenvalue weighted by Gasteiger charge is -2.31. The van der Waals surface area contributed by atoms with Gasteiger partial charge in [0.15, 0.2) is 0 Å². The quantitative estimate of drug-likeness (QED) is 0.807. The van der Waals surface area contributed by atoms with E-state index in [4.69, 9.17) is 0 Å². The molecule has 4 heteroatoms. The average molecular weight is 253 g/mol. The van der Waals surface area contributed by atoms with Crippen LogP contribution in [0.4, 0.5) is 0 Å². The third-order valence-electron chi connectivity index (χ3n) is 4.36. The molecular formula is C14H27N3O. The van der Waals surface area contributed by atoms with Crippen molar-refractivity contribution in [3.63, 3.8) is 0 Å². The predicted octanol–water partition coefficient (Wildman–Crippen LogP) is 0.785. The molecular weight excluding hydrogens is 226 g/mol. The second kappa shape index (κ2) is 6.02. The van der Waals surface area contributed by atoms with Gasteiger partial charge in [-0.05, 0) is 51.2 Å². The van der Waals surface area contributed by atoms with E-state index < -0.39 is 0 Å². The molecule has 4 nitrogen and oxygen atoms in total. The first-order valence-electron chi connectivity index (χ1n) is 7.23. The van der Waals surface area contributed by atoms with Gasteiger partial charge in [0.1, 0.15) is 0 Å². The van der Waals surface area contributed by atoms with Crippen molar-refractivity contribution < 1.29 is 4.79 Å². The van der Waals surface area contributed by atoms with Crippen molar-refractivity contribution in [3.8, 4) is 0 Å². The molecule has 18 heavy (non-hydrogen) atoms. The monoisotopic (exact) mass is 253 g/mol. The van der Waals surface area contributed by atoms with Crippen LogP contribution in [0.3, 0.4) is 0 Å². The normalized spacial score (nSPS) is 33.6. The van der Waals surface area contributed by atoms with Gasteiger partial charge >= 0.3 is 0 Å². The number of nitrogens with zero attached hydrogens (tertiary/aromatic N) is 2. The zero-order chi connectivity index (χ0) is 13.1. The molecule has 2 rings (SSSR count). The molecule has 0 aliphatic carbocycles. The molecule has 2 saturated heterocycles. The first-order valence-corrected chi connectivity index (χ1v) is 7.23. The lowest BCUT2D eigenvalue weighted by atomic mass is 9.93. The van der Waals surface area contributed by atoms with Crippen LogP contribution in [0.1, 0.15) is 26.2 Å². The summed E-state index contributed by atoms with van der Waals surface area (Å²) < 4.78 is 0. The summed E-state index contributed by atoms with van der Waals surface area (Å²) in [5, 5.41) is 3.36. The molecule has 3 unspecified atom stereocenters. The Balaban J connectivity index is 1.80. The number of amides is 1. The average Bonchev–Trinajstić information content (AvgIpc) is 2.73. The van der Waals surface area contributed by atoms with Gasteiger partial charge in [0.25, 0.3) is 0 Å². The molecule has 0 spiro atoms. The maximum atomic E-state index is 12.4. The minimum absolute atomic E-state index is 0.0536. The number of rotatable bonds is 3.